The van der Waals surface area contributed by atoms with Gasteiger partial charge in [0.15, 0.2) is 0 Å². The van der Waals surface area contributed by atoms with E-state index in [2.05, 4.69) is 110 Å². The molecule has 0 saturated heterocycles. The molecule has 10 aromatic rings. The Labute approximate surface area is 468 Å². The van der Waals surface area contributed by atoms with Crippen molar-refractivity contribution >= 4 is 51.2 Å². The Hall–Kier alpha value is -10.1. The van der Waals surface area contributed by atoms with Crippen molar-refractivity contribution < 1.29 is 9.59 Å². The number of amides is 2. The molecule has 0 unspecified atom stereocenters. The lowest BCUT2D eigenvalue weighted by molar-refractivity contribution is -0.116. The number of fused-ring (bicyclic) bond motifs is 4. The van der Waals surface area contributed by atoms with Gasteiger partial charge in [0, 0.05) is 73.5 Å². The Bertz CT molecular complexity index is 4180. The topological polar surface area (TPSA) is 157 Å². The first-order valence-electron chi connectivity index (χ1n) is 27.1. The number of aryl methyl sites for hydroxylation is 2. The van der Waals surface area contributed by atoms with E-state index in [1.807, 2.05) is 117 Å². The van der Waals surface area contributed by atoms with Crippen LogP contribution in [-0.4, -0.2) is 47.9 Å². The van der Waals surface area contributed by atoms with Crippen molar-refractivity contribution in [1.29, 1.82) is 0 Å². The fourth-order valence-corrected chi connectivity index (χ4v) is 11.3. The highest BCUT2D eigenvalue weighted by atomic mass is 16.2. The number of aliphatic imine (C=N–C) groups is 3. The maximum atomic E-state index is 13.6. The van der Waals surface area contributed by atoms with Crippen molar-refractivity contribution in [2.75, 3.05) is 0 Å². The molecule has 13 nitrogen and oxygen atoms in total. The number of rotatable bonds is 12. The minimum absolute atomic E-state index is 0.0542. The monoisotopic (exact) mass is 1060 g/mol. The van der Waals surface area contributed by atoms with Gasteiger partial charge in [0.05, 0.1) is 41.2 Å². The molecular weight excluding hydrogens is 1010 g/mol. The average Bonchev–Trinajstić information content (AvgIpc) is 4.50. The molecule has 398 valence electrons. The van der Waals surface area contributed by atoms with Crippen LogP contribution in [0.1, 0.15) is 81.6 Å². The number of carbonyl (C=O) groups is 2. The Kier molecular flexibility index (Phi) is 13.8. The maximum absolute atomic E-state index is 13.6. The molecule has 3 aliphatic heterocycles. The van der Waals surface area contributed by atoms with E-state index in [-0.39, 0.29) is 35.0 Å². The molecule has 0 radical (unpaired) electrons. The van der Waals surface area contributed by atoms with E-state index < -0.39 is 5.54 Å². The van der Waals surface area contributed by atoms with E-state index >= 15 is 0 Å². The van der Waals surface area contributed by atoms with E-state index in [9.17, 15) is 19.2 Å². The van der Waals surface area contributed by atoms with Crippen LogP contribution in [0.15, 0.2) is 237 Å². The summed E-state index contributed by atoms with van der Waals surface area (Å²) in [6, 6.07) is 65.9. The summed E-state index contributed by atoms with van der Waals surface area (Å²) in [5, 5.41) is 12.5. The summed E-state index contributed by atoms with van der Waals surface area (Å²) >= 11 is 0. The van der Waals surface area contributed by atoms with Crippen LogP contribution < -0.4 is 21.8 Å². The molecule has 81 heavy (non-hydrogen) atoms. The number of nitrogens with zero attached hydrogens (tertiary/aromatic N) is 7. The van der Waals surface area contributed by atoms with E-state index in [1.165, 1.54) is 0 Å². The second-order valence-corrected chi connectivity index (χ2v) is 20.8. The Morgan fingerprint density at radius 2 is 0.963 bits per heavy atom. The zero-order chi connectivity index (χ0) is 55.8. The van der Waals surface area contributed by atoms with Gasteiger partial charge in [0.25, 0.3) is 11.8 Å². The summed E-state index contributed by atoms with van der Waals surface area (Å²) in [5.74, 6) is -0.326. The van der Waals surface area contributed by atoms with Gasteiger partial charge in [-0.05, 0) is 88.7 Å². The van der Waals surface area contributed by atoms with Gasteiger partial charge in [-0.15, -0.1) is 0 Å². The molecule has 3 aromatic heterocycles. The van der Waals surface area contributed by atoms with Gasteiger partial charge in [0.1, 0.15) is 22.7 Å². The van der Waals surface area contributed by atoms with Gasteiger partial charge in [-0.2, -0.15) is 5.10 Å². The van der Waals surface area contributed by atoms with Gasteiger partial charge in [0.2, 0.25) is 11.1 Å². The van der Waals surface area contributed by atoms with Crippen LogP contribution in [0.2, 0.25) is 0 Å². The minimum Gasteiger partial charge on any atom is -0.344 e. The van der Waals surface area contributed by atoms with Crippen molar-refractivity contribution in [1.82, 2.24) is 29.5 Å². The van der Waals surface area contributed by atoms with Crippen LogP contribution in [-0.2, 0) is 48.6 Å². The van der Waals surface area contributed by atoms with Gasteiger partial charge in [-0.1, -0.05) is 158 Å². The molecule has 0 fully saturated rings. The predicted octanol–water partition coefficient (Wildman–Crippen LogP) is 11.0. The van der Waals surface area contributed by atoms with Gasteiger partial charge >= 0.3 is 0 Å². The quantitative estimate of drug-likeness (QED) is 0.116. The SMILES string of the molecule is C[C@@H](NC(=O)C1=Nc2cc3c(-c4ccc(=O)n(C)c4)nn(C(c4ccccc4)(c4ccccc4)c4ccccc4)c3cc2C1)c1ccccc1.C[C@@H](NC(=O)C1=Nc2cc3c(cc2C1)CN=C3c1ccc(=O)n(C)c1)c1ccccc1. The standard InChI is InChI=1S/C43H35N5O2.C25H22N4O2/c1-29(30-15-7-3-8-16-30)44-42(50)38-25-32-26-39-36(27-37(32)45-38)41(31-23-24-40(49)47(2)28-31)46-48(39)43(33-17-9-4-10-18-33,34-19-11-5-12-20-34)35-21-13-6-14-22-35;1-15(16-6-4-3-5-7-16)27-25(31)22-11-18-10-19-13-26-24(20(19)12-21(18)28-22)17-8-9-23(30)29(2)14-17/h3-24,26-29H,25H2,1-2H3,(H,44,50);3-10,12,14-15H,11,13H2,1-2H3,(H,27,31)/t29-;15-/m11/s1. The number of aromatic nitrogens is 4. The molecule has 7 aromatic carbocycles. The molecule has 0 aliphatic carbocycles. The van der Waals surface area contributed by atoms with E-state index in [0.717, 1.165) is 94.9 Å². The van der Waals surface area contributed by atoms with Crippen molar-refractivity contribution in [2.24, 2.45) is 29.1 Å². The van der Waals surface area contributed by atoms with Crippen molar-refractivity contribution in [3.8, 4) is 11.3 Å². The van der Waals surface area contributed by atoms with Gasteiger partial charge < -0.3 is 19.8 Å². The van der Waals surface area contributed by atoms with Crippen LogP contribution in [0.3, 0.4) is 0 Å². The third kappa shape index (κ3) is 9.83. The first-order valence-corrected chi connectivity index (χ1v) is 27.1. The first-order chi connectivity index (χ1) is 39.4. The molecule has 2 N–H and O–H groups in total. The second kappa shape index (κ2) is 21.6. The molecular formula is C68H57N9O4. The first kappa shape index (κ1) is 51.6. The molecule has 0 bridgehead atoms. The largest absolute Gasteiger partial charge is 0.344 e. The normalized spacial score (nSPS) is 13.9. The van der Waals surface area contributed by atoms with E-state index in [0.29, 0.717) is 30.8 Å². The molecule has 2 amide bonds. The summed E-state index contributed by atoms with van der Waals surface area (Å²) in [7, 11) is 3.48. The highest BCUT2D eigenvalue weighted by Gasteiger charge is 2.41. The lowest BCUT2D eigenvalue weighted by Gasteiger charge is -2.37. The lowest BCUT2D eigenvalue weighted by Crippen LogP contribution is -2.38. The number of pyridine rings is 2. The Balaban J connectivity index is 0.000000180. The molecule has 0 saturated carbocycles. The highest BCUT2D eigenvalue weighted by Crippen LogP contribution is 2.46. The molecule has 3 aliphatic rings. The van der Waals surface area contributed by atoms with Crippen molar-refractivity contribution in [3.63, 3.8) is 0 Å². The van der Waals surface area contributed by atoms with Crippen LogP contribution in [0.25, 0.3) is 22.2 Å². The minimum atomic E-state index is -0.875. The Morgan fingerprint density at radius 3 is 1.46 bits per heavy atom. The van der Waals surface area contributed by atoms with Crippen molar-refractivity contribution in [3.05, 3.63) is 289 Å². The maximum Gasteiger partial charge on any atom is 0.266 e. The summed E-state index contributed by atoms with van der Waals surface area (Å²) in [6.07, 6.45) is 4.54. The summed E-state index contributed by atoms with van der Waals surface area (Å²) in [4.78, 5) is 64.8. The number of hydrogen-bond acceptors (Lipinski definition) is 8. The zero-order valence-corrected chi connectivity index (χ0v) is 45.2. The predicted molar refractivity (Wildman–Crippen MR) is 320 cm³/mol. The van der Waals surface area contributed by atoms with Crippen molar-refractivity contribution in [2.45, 2.75) is 50.9 Å². The van der Waals surface area contributed by atoms with Gasteiger partial charge in [-0.3, -0.25) is 24.2 Å². The average molecular weight is 1060 g/mol. The second-order valence-electron chi connectivity index (χ2n) is 20.8. The lowest BCUT2D eigenvalue weighted by atomic mass is 9.77. The molecule has 2 atom stereocenters. The van der Waals surface area contributed by atoms with Gasteiger partial charge in [-0.25, -0.2) is 14.7 Å². The third-order valence-corrected chi connectivity index (χ3v) is 15.5. The molecule has 13 heteroatoms. The molecule has 0 spiro atoms. The Morgan fingerprint density at radius 1 is 0.519 bits per heavy atom. The number of benzene rings is 7. The fourth-order valence-electron chi connectivity index (χ4n) is 11.3. The van der Waals surface area contributed by atoms with Crippen LogP contribution >= 0.6 is 0 Å². The van der Waals surface area contributed by atoms with Crippen LogP contribution in [0.4, 0.5) is 11.4 Å². The van der Waals surface area contributed by atoms with E-state index in [4.69, 9.17) is 10.1 Å². The summed E-state index contributed by atoms with van der Waals surface area (Å²) in [5.41, 5.74) is 15.0. The fraction of sp³-hybridized carbons (Fsp3) is 0.147. The number of nitrogens with one attached hydrogen (secondary N) is 2. The smallest absolute Gasteiger partial charge is 0.266 e. The molecule has 6 heterocycles. The molecule has 13 rings (SSSR count). The number of carbonyl (C=O) groups excluding carboxylic acids is 2. The van der Waals surface area contributed by atoms with Crippen LogP contribution in [0, 0.1) is 0 Å². The highest BCUT2D eigenvalue weighted by molar-refractivity contribution is 6.41. The van der Waals surface area contributed by atoms with Crippen LogP contribution in [0.5, 0.6) is 0 Å². The number of hydrogen-bond donors (Lipinski definition) is 2. The zero-order valence-electron chi connectivity index (χ0n) is 45.2. The summed E-state index contributed by atoms with van der Waals surface area (Å²) in [6.45, 7) is 4.54. The third-order valence-electron chi connectivity index (χ3n) is 15.5. The summed E-state index contributed by atoms with van der Waals surface area (Å²) < 4.78 is 5.25. The van der Waals surface area contributed by atoms with E-state index in [1.54, 1.807) is 47.6 Å².